The largest absolute Gasteiger partial charge is 0.489 e. The maximum Gasteiger partial charge on any atom is 0.276 e. The summed E-state index contributed by atoms with van der Waals surface area (Å²) in [6.45, 7) is -0.324. The number of halogens is 2. The molecule has 21 heavy (non-hydrogen) atoms. The van der Waals surface area contributed by atoms with E-state index in [1.165, 1.54) is 6.07 Å². The predicted molar refractivity (Wildman–Crippen MR) is 69.2 cm³/mol. The van der Waals surface area contributed by atoms with E-state index in [9.17, 15) is 23.7 Å². The van der Waals surface area contributed by atoms with Crippen LogP contribution in [0.4, 0.5) is 14.5 Å². The number of rotatable bonds is 5. The van der Waals surface area contributed by atoms with Gasteiger partial charge < -0.3 is 4.74 Å². The zero-order valence-electron chi connectivity index (χ0n) is 10.6. The maximum atomic E-state index is 13.2. The number of hydrogen-bond acceptors (Lipinski definition) is 4. The third-order valence-corrected chi connectivity index (χ3v) is 2.66. The standard InChI is InChI=1S/C14H9F2NO4/c15-11-1-2-14(17(19)20)10(5-11)8-21-13-4-9(7-18)3-12(16)6-13/h1-7H,8H2. The Morgan fingerprint density at radius 3 is 2.57 bits per heavy atom. The van der Waals surface area contributed by atoms with Gasteiger partial charge in [0.2, 0.25) is 0 Å². The zero-order chi connectivity index (χ0) is 15.4. The van der Waals surface area contributed by atoms with E-state index in [1.54, 1.807) is 0 Å². The number of nitro benzene ring substituents is 1. The second-order valence-corrected chi connectivity index (χ2v) is 4.16. The lowest BCUT2D eigenvalue weighted by Gasteiger charge is -2.08. The summed E-state index contributed by atoms with van der Waals surface area (Å²) in [5.74, 6) is -1.30. The van der Waals surface area contributed by atoms with E-state index in [-0.39, 0.29) is 29.2 Å². The molecular weight excluding hydrogens is 284 g/mol. The molecule has 0 unspecified atom stereocenters. The average molecular weight is 293 g/mol. The molecule has 7 heteroatoms. The molecule has 0 saturated heterocycles. The van der Waals surface area contributed by atoms with Crippen LogP contribution in [0.2, 0.25) is 0 Å². The van der Waals surface area contributed by atoms with Crippen molar-refractivity contribution in [3.63, 3.8) is 0 Å². The molecule has 0 atom stereocenters. The number of nitrogens with zero attached hydrogens (tertiary/aromatic N) is 1. The van der Waals surface area contributed by atoms with Crippen molar-refractivity contribution in [2.24, 2.45) is 0 Å². The Hall–Kier alpha value is -2.83. The summed E-state index contributed by atoms with van der Waals surface area (Å²) < 4.78 is 31.5. The summed E-state index contributed by atoms with van der Waals surface area (Å²) >= 11 is 0. The summed E-state index contributed by atoms with van der Waals surface area (Å²) in [7, 11) is 0. The zero-order valence-corrected chi connectivity index (χ0v) is 10.6. The van der Waals surface area contributed by atoms with Gasteiger partial charge in [-0.15, -0.1) is 0 Å². The summed E-state index contributed by atoms with van der Waals surface area (Å²) in [5.41, 5.74) is -0.223. The first-order chi connectivity index (χ1) is 9.99. The smallest absolute Gasteiger partial charge is 0.276 e. The highest BCUT2D eigenvalue weighted by molar-refractivity contribution is 5.75. The fraction of sp³-hybridized carbons (Fsp3) is 0.0714. The molecule has 0 N–H and O–H groups in total. The van der Waals surface area contributed by atoms with Crippen LogP contribution in [0.5, 0.6) is 5.75 Å². The first-order valence-electron chi connectivity index (χ1n) is 5.81. The van der Waals surface area contributed by atoms with E-state index in [0.717, 1.165) is 30.3 Å². The number of aldehydes is 1. The van der Waals surface area contributed by atoms with Crippen molar-refractivity contribution >= 4 is 12.0 Å². The van der Waals surface area contributed by atoms with Gasteiger partial charge in [-0.05, 0) is 24.3 Å². The highest BCUT2D eigenvalue weighted by atomic mass is 19.1. The number of ether oxygens (including phenoxy) is 1. The van der Waals surface area contributed by atoms with E-state index >= 15 is 0 Å². The molecule has 2 aromatic carbocycles. The fourth-order valence-electron chi connectivity index (χ4n) is 1.74. The Morgan fingerprint density at radius 2 is 1.90 bits per heavy atom. The topological polar surface area (TPSA) is 69.4 Å². The van der Waals surface area contributed by atoms with Gasteiger partial charge in [-0.2, -0.15) is 0 Å². The number of carbonyl (C=O) groups is 1. The Bertz CT molecular complexity index is 703. The second kappa shape index (κ2) is 6.08. The SMILES string of the molecule is O=Cc1cc(F)cc(OCc2cc(F)ccc2[N+](=O)[O-])c1. The molecular formula is C14H9F2NO4. The third-order valence-electron chi connectivity index (χ3n) is 2.66. The van der Waals surface area contributed by atoms with Gasteiger partial charge in [0.15, 0.2) is 0 Å². The second-order valence-electron chi connectivity index (χ2n) is 4.16. The van der Waals surface area contributed by atoms with Crippen molar-refractivity contribution in [2.45, 2.75) is 6.61 Å². The molecule has 108 valence electrons. The molecule has 2 aromatic rings. The number of benzene rings is 2. The Balaban J connectivity index is 2.24. The van der Waals surface area contributed by atoms with E-state index < -0.39 is 16.6 Å². The van der Waals surface area contributed by atoms with Crippen LogP contribution >= 0.6 is 0 Å². The molecule has 0 amide bonds. The summed E-state index contributed by atoms with van der Waals surface area (Å²) in [6.07, 6.45) is 0.445. The number of hydrogen-bond donors (Lipinski definition) is 0. The summed E-state index contributed by atoms with van der Waals surface area (Å²) in [5, 5.41) is 10.8. The van der Waals surface area contributed by atoms with Crippen molar-refractivity contribution < 1.29 is 23.2 Å². The quantitative estimate of drug-likeness (QED) is 0.482. The van der Waals surface area contributed by atoms with Gasteiger partial charge in [-0.1, -0.05) is 0 Å². The van der Waals surface area contributed by atoms with Crippen LogP contribution < -0.4 is 4.74 Å². The van der Waals surface area contributed by atoms with Gasteiger partial charge in [0.05, 0.1) is 10.5 Å². The van der Waals surface area contributed by atoms with Gasteiger partial charge in [0.1, 0.15) is 30.3 Å². The molecule has 0 aliphatic rings. The molecule has 0 saturated carbocycles. The average Bonchev–Trinajstić information content (AvgIpc) is 2.44. The van der Waals surface area contributed by atoms with Crippen LogP contribution in [-0.4, -0.2) is 11.2 Å². The van der Waals surface area contributed by atoms with Crippen molar-refractivity contribution in [3.05, 3.63) is 69.3 Å². The lowest BCUT2D eigenvalue weighted by Crippen LogP contribution is -2.02. The normalized spacial score (nSPS) is 10.2. The molecule has 0 radical (unpaired) electrons. The molecule has 0 heterocycles. The highest BCUT2D eigenvalue weighted by Gasteiger charge is 2.15. The van der Waals surface area contributed by atoms with Crippen molar-refractivity contribution in [1.29, 1.82) is 0 Å². The minimum absolute atomic E-state index is 0.0110. The van der Waals surface area contributed by atoms with Gasteiger partial charge in [-0.25, -0.2) is 8.78 Å². The van der Waals surface area contributed by atoms with E-state index in [1.807, 2.05) is 0 Å². The molecule has 0 spiro atoms. The number of carbonyl (C=O) groups excluding carboxylic acids is 1. The Morgan fingerprint density at radius 1 is 1.14 bits per heavy atom. The molecule has 0 aromatic heterocycles. The summed E-state index contributed by atoms with van der Waals surface area (Å²) in [6, 6.07) is 6.28. The van der Waals surface area contributed by atoms with Crippen LogP contribution in [-0.2, 0) is 6.61 Å². The van der Waals surface area contributed by atoms with Gasteiger partial charge in [0.25, 0.3) is 5.69 Å². The maximum absolute atomic E-state index is 13.2. The molecule has 0 fully saturated rings. The predicted octanol–water partition coefficient (Wildman–Crippen LogP) is 3.26. The van der Waals surface area contributed by atoms with Gasteiger partial charge >= 0.3 is 0 Å². The van der Waals surface area contributed by atoms with Crippen LogP contribution in [0, 0.1) is 21.7 Å². The Kier molecular flexibility index (Phi) is 4.22. The van der Waals surface area contributed by atoms with E-state index in [2.05, 4.69) is 0 Å². The van der Waals surface area contributed by atoms with E-state index in [4.69, 9.17) is 4.74 Å². The minimum atomic E-state index is -0.677. The monoisotopic (exact) mass is 293 g/mol. The first kappa shape index (κ1) is 14.6. The van der Waals surface area contributed by atoms with Crippen molar-refractivity contribution in [2.75, 3.05) is 0 Å². The fourth-order valence-corrected chi connectivity index (χ4v) is 1.74. The molecule has 0 aliphatic heterocycles. The number of nitro groups is 1. The van der Waals surface area contributed by atoms with Crippen LogP contribution in [0.3, 0.4) is 0 Å². The van der Waals surface area contributed by atoms with Crippen molar-refractivity contribution in [1.82, 2.24) is 0 Å². The lowest BCUT2D eigenvalue weighted by atomic mass is 10.2. The first-order valence-corrected chi connectivity index (χ1v) is 5.81. The summed E-state index contributed by atoms with van der Waals surface area (Å²) in [4.78, 5) is 20.8. The van der Waals surface area contributed by atoms with Crippen LogP contribution in [0.15, 0.2) is 36.4 Å². The molecule has 0 aliphatic carbocycles. The molecule has 5 nitrogen and oxygen atoms in total. The van der Waals surface area contributed by atoms with Gasteiger partial charge in [0, 0.05) is 17.7 Å². The molecule has 0 bridgehead atoms. The minimum Gasteiger partial charge on any atom is -0.489 e. The lowest BCUT2D eigenvalue weighted by molar-refractivity contribution is -0.385. The van der Waals surface area contributed by atoms with E-state index in [0.29, 0.717) is 6.29 Å². The third kappa shape index (κ3) is 3.59. The highest BCUT2D eigenvalue weighted by Crippen LogP contribution is 2.22. The molecule has 2 rings (SSSR count). The van der Waals surface area contributed by atoms with Crippen molar-refractivity contribution in [3.8, 4) is 5.75 Å². The Labute approximate surface area is 117 Å². The van der Waals surface area contributed by atoms with Gasteiger partial charge in [-0.3, -0.25) is 14.9 Å². The van der Waals surface area contributed by atoms with Crippen LogP contribution in [0.25, 0.3) is 0 Å². The van der Waals surface area contributed by atoms with Crippen LogP contribution in [0.1, 0.15) is 15.9 Å².